The fraction of sp³-hybridized carbons (Fsp3) is 0.382. The molecule has 0 radical (unpaired) electrons. The maximum atomic E-state index is 12.8. The molecule has 4 aromatic rings. The second-order valence-corrected chi connectivity index (χ2v) is 10.3. The van der Waals surface area contributed by atoms with Crippen LogP contribution in [0.4, 0.5) is 0 Å². The molecule has 2 heterocycles. The fourth-order valence-corrected chi connectivity index (χ4v) is 4.93. The van der Waals surface area contributed by atoms with E-state index in [0.717, 1.165) is 65.7 Å². The molecular weight excluding hydrogens is 544 g/mol. The van der Waals surface area contributed by atoms with Crippen LogP contribution in [0.1, 0.15) is 71.0 Å². The van der Waals surface area contributed by atoms with Crippen molar-refractivity contribution in [2.45, 2.75) is 59.2 Å². The van der Waals surface area contributed by atoms with Gasteiger partial charge in [0.15, 0.2) is 11.5 Å². The van der Waals surface area contributed by atoms with Crippen LogP contribution in [0, 0.1) is 6.92 Å². The minimum atomic E-state index is 0.172. The molecule has 0 saturated heterocycles. The molecule has 4 rings (SSSR count). The van der Waals surface area contributed by atoms with Crippen LogP contribution in [0.5, 0.6) is 0 Å². The van der Waals surface area contributed by atoms with Crippen molar-refractivity contribution in [3.8, 4) is 22.6 Å². The van der Waals surface area contributed by atoms with Gasteiger partial charge in [-0.1, -0.05) is 48.8 Å². The summed E-state index contributed by atoms with van der Waals surface area (Å²) in [6.07, 6.45) is 4.16. The lowest BCUT2D eigenvalue weighted by molar-refractivity contribution is 0.0977. The van der Waals surface area contributed by atoms with Gasteiger partial charge in [0.2, 0.25) is 5.90 Å². The van der Waals surface area contributed by atoms with Crippen molar-refractivity contribution in [1.82, 2.24) is 15.4 Å². The first-order valence-electron chi connectivity index (χ1n) is 14.6. The predicted molar refractivity (Wildman–Crippen MR) is 166 cm³/mol. The first kappa shape index (κ1) is 31.7. The van der Waals surface area contributed by atoms with Gasteiger partial charge in [-0.25, -0.2) is 0 Å². The van der Waals surface area contributed by atoms with E-state index in [-0.39, 0.29) is 5.78 Å². The van der Waals surface area contributed by atoms with Gasteiger partial charge in [0.05, 0.1) is 5.69 Å². The van der Waals surface area contributed by atoms with Crippen LogP contribution in [-0.4, -0.2) is 54.9 Å². The Hall–Kier alpha value is -4.21. The van der Waals surface area contributed by atoms with Crippen molar-refractivity contribution in [2.75, 3.05) is 27.9 Å². The molecule has 0 aliphatic heterocycles. The van der Waals surface area contributed by atoms with E-state index in [1.165, 1.54) is 0 Å². The molecule has 9 heteroatoms. The zero-order chi connectivity index (χ0) is 30.6. The Labute approximate surface area is 253 Å². The summed E-state index contributed by atoms with van der Waals surface area (Å²) < 4.78 is 21.8. The predicted octanol–water partition coefficient (Wildman–Crippen LogP) is 6.80. The number of ketones is 1. The summed E-state index contributed by atoms with van der Waals surface area (Å²) in [5.74, 6) is 1.29. The molecule has 0 aliphatic carbocycles. The molecule has 0 unspecified atom stereocenters. The molecule has 0 saturated carbocycles. The number of aliphatic imine (C=N–C) groups is 1. The number of carbonyl (C=O) groups is 1. The number of benzene rings is 2. The number of ether oxygens (including phenoxy) is 3. The van der Waals surface area contributed by atoms with Gasteiger partial charge in [-0.15, -0.1) is 10.2 Å². The zero-order valence-electron chi connectivity index (χ0n) is 25.7. The van der Waals surface area contributed by atoms with Crippen molar-refractivity contribution in [3.63, 3.8) is 0 Å². The van der Waals surface area contributed by atoms with Crippen LogP contribution in [0.2, 0.25) is 0 Å². The third-order valence-corrected chi connectivity index (χ3v) is 7.24. The standard InChI is InChI=1S/C34H40N4O5/c1-6-24-19-25(32(39)14-8-7-11-17-40-4)15-16-26(24)21-42-34(35-3)29-13-10-9-12-28(29)30-18-23(2)33(37-36-30)31-20-27(22-41-5)43-38-31/h9-10,12-13,15-16,18-20H,6-8,11,14,17,21-22H2,1-5H3/b35-34+. The number of hydrogen-bond donors (Lipinski definition) is 0. The van der Waals surface area contributed by atoms with E-state index in [0.29, 0.717) is 48.4 Å². The quantitative estimate of drug-likeness (QED) is 0.0650. The third-order valence-electron chi connectivity index (χ3n) is 7.24. The monoisotopic (exact) mass is 584 g/mol. The summed E-state index contributed by atoms with van der Waals surface area (Å²) in [6, 6.07) is 17.5. The van der Waals surface area contributed by atoms with Gasteiger partial charge in [-0.2, -0.15) is 0 Å². The van der Waals surface area contributed by atoms with E-state index in [9.17, 15) is 4.79 Å². The minimum absolute atomic E-state index is 0.172. The summed E-state index contributed by atoms with van der Waals surface area (Å²) in [7, 11) is 5.02. The van der Waals surface area contributed by atoms with Crippen molar-refractivity contribution < 1.29 is 23.5 Å². The highest BCUT2D eigenvalue weighted by molar-refractivity contribution is 6.00. The first-order chi connectivity index (χ1) is 21.0. The number of nitrogens with zero attached hydrogens (tertiary/aromatic N) is 4. The number of methoxy groups -OCH3 is 2. The molecular formula is C34H40N4O5. The summed E-state index contributed by atoms with van der Waals surface area (Å²) in [4.78, 5) is 17.2. The zero-order valence-corrected chi connectivity index (χ0v) is 25.7. The van der Waals surface area contributed by atoms with Gasteiger partial charge < -0.3 is 18.7 Å². The van der Waals surface area contributed by atoms with E-state index < -0.39 is 0 Å². The highest BCUT2D eigenvalue weighted by Gasteiger charge is 2.18. The number of aromatic nitrogens is 3. The Morgan fingerprint density at radius 1 is 0.907 bits per heavy atom. The van der Waals surface area contributed by atoms with Gasteiger partial charge in [-0.3, -0.25) is 9.79 Å². The van der Waals surface area contributed by atoms with Crippen LogP contribution < -0.4 is 0 Å². The van der Waals surface area contributed by atoms with Crippen LogP contribution in [0.3, 0.4) is 0 Å². The maximum absolute atomic E-state index is 12.8. The Balaban J connectivity index is 1.48. The lowest BCUT2D eigenvalue weighted by Gasteiger charge is -2.15. The van der Waals surface area contributed by atoms with Crippen LogP contribution >= 0.6 is 0 Å². The molecule has 0 fully saturated rings. The summed E-state index contributed by atoms with van der Waals surface area (Å²) in [5.41, 5.74) is 7.39. The molecule has 0 N–H and O–H groups in total. The molecule has 2 aromatic heterocycles. The molecule has 0 aliphatic rings. The van der Waals surface area contributed by atoms with Crippen LogP contribution in [0.25, 0.3) is 22.6 Å². The number of unbranched alkanes of at least 4 members (excludes halogenated alkanes) is 2. The Kier molecular flexibility index (Phi) is 11.7. The number of Topliss-reactive ketones (excluding diaryl/α,β-unsaturated/α-hetero) is 1. The maximum Gasteiger partial charge on any atom is 0.216 e. The van der Waals surface area contributed by atoms with Crippen molar-refractivity contribution >= 4 is 11.7 Å². The SMILES string of the molecule is CCc1cc(C(=O)CCCCCOC)ccc1CO/C(=N/C)c1ccccc1-c1cc(C)c(-c2cc(COC)on2)nn1. The second-order valence-electron chi connectivity index (χ2n) is 10.3. The summed E-state index contributed by atoms with van der Waals surface area (Å²) >= 11 is 0. The van der Waals surface area contributed by atoms with Crippen molar-refractivity contribution in [2.24, 2.45) is 4.99 Å². The van der Waals surface area contributed by atoms with Crippen molar-refractivity contribution in [3.05, 3.63) is 88.2 Å². The molecule has 226 valence electrons. The molecule has 0 bridgehead atoms. The minimum Gasteiger partial charge on any atom is -0.473 e. The average molecular weight is 585 g/mol. The lowest BCUT2D eigenvalue weighted by atomic mass is 9.98. The molecule has 0 spiro atoms. The first-order valence-corrected chi connectivity index (χ1v) is 14.6. The Morgan fingerprint density at radius 2 is 1.74 bits per heavy atom. The van der Waals surface area contributed by atoms with Crippen molar-refractivity contribution in [1.29, 1.82) is 0 Å². The molecule has 0 amide bonds. The molecule has 0 atom stereocenters. The molecule has 43 heavy (non-hydrogen) atoms. The summed E-state index contributed by atoms with van der Waals surface area (Å²) in [5, 5.41) is 13.1. The van der Waals surface area contributed by atoms with E-state index in [2.05, 4.69) is 27.3 Å². The molecule has 9 nitrogen and oxygen atoms in total. The number of hydrogen-bond acceptors (Lipinski definition) is 9. The van der Waals surface area contributed by atoms with E-state index in [1.807, 2.05) is 55.5 Å². The van der Waals surface area contributed by atoms with Crippen LogP contribution in [-0.2, 0) is 33.8 Å². The fourth-order valence-electron chi connectivity index (χ4n) is 4.93. The number of rotatable bonds is 15. The number of aryl methyl sites for hydroxylation is 2. The highest BCUT2D eigenvalue weighted by Crippen LogP contribution is 2.28. The summed E-state index contributed by atoms with van der Waals surface area (Å²) in [6.45, 7) is 5.45. The Morgan fingerprint density at radius 3 is 2.49 bits per heavy atom. The van der Waals surface area contributed by atoms with Gasteiger partial charge in [0.1, 0.15) is 24.6 Å². The van der Waals surface area contributed by atoms with Gasteiger partial charge in [0, 0.05) is 57.1 Å². The highest BCUT2D eigenvalue weighted by atomic mass is 16.5. The van der Waals surface area contributed by atoms with E-state index in [1.54, 1.807) is 27.3 Å². The molecule has 2 aromatic carbocycles. The largest absolute Gasteiger partial charge is 0.473 e. The second kappa shape index (κ2) is 15.9. The van der Waals surface area contributed by atoms with E-state index in [4.69, 9.17) is 18.7 Å². The van der Waals surface area contributed by atoms with Crippen LogP contribution in [0.15, 0.2) is 64.1 Å². The topological polar surface area (TPSA) is 109 Å². The smallest absolute Gasteiger partial charge is 0.216 e. The average Bonchev–Trinajstić information content (AvgIpc) is 3.49. The lowest BCUT2D eigenvalue weighted by Crippen LogP contribution is -2.11. The normalized spacial score (nSPS) is 11.6. The third kappa shape index (κ3) is 8.21. The van der Waals surface area contributed by atoms with Gasteiger partial charge in [-0.05, 0) is 61.1 Å². The van der Waals surface area contributed by atoms with Gasteiger partial charge >= 0.3 is 0 Å². The van der Waals surface area contributed by atoms with Gasteiger partial charge in [0.25, 0.3) is 0 Å². The van der Waals surface area contributed by atoms with E-state index >= 15 is 0 Å². The Bertz CT molecular complexity index is 1550. The number of carbonyl (C=O) groups excluding carboxylic acids is 1.